The summed E-state index contributed by atoms with van der Waals surface area (Å²) in [7, 11) is 0. The third-order valence-corrected chi connectivity index (χ3v) is 6.42. The van der Waals surface area contributed by atoms with Crippen LogP contribution < -0.4 is 10.2 Å². The lowest BCUT2D eigenvalue weighted by molar-refractivity contribution is 0.259. The van der Waals surface area contributed by atoms with Crippen LogP contribution in [-0.2, 0) is 6.54 Å². The van der Waals surface area contributed by atoms with E-state index in [1.807, 2.05) is 42.6 Å². The molecule has 3 aromatic carbocycles. The monoisotopic (exact) mass is 496 g/mol. The van der Waals surface area contributed by atoms with E-state index in [0.717, 1.165) is 55.1 Å². The van der Waals surface area contributed by atoms with Gasteiger partial charge >= 0.3 is 0 Å². The molecule has 0 atom stereocenters. The van der Waals surface area contributed by atoms with Gasteiger partial charge in [0.15, 0.2) is 0 Å². The molecule has 0 spiro atoms. The Balaban J connectivity index is 1.29. The molecule has 0 amide bonds. The zero-order valence-corrected chi connectivity index (χ0v) is 20.8. The van der Waals surface area contributed by atoms with E-state index in [1.54, 1.807) is 6.26 Å². The quantitative estimate of drug-likeness (QED) is 0.209. The molecule has 0 saturated heterocycles. The molecule has 0 aliphatic rings. The number of hydrogen-bond donors (Lipinski definition) is 1. The molecule has 0 radical (unpaired) electrons. The Labute approximate surface area is 216 Å². The number of halogens is 1. The maximum absolute atomic E-state index is 6.15. The molecule has 6 heteroatoms. The summed E-state index contributed by atoms with van der Waals surface area (Å²) in [5.74, 6) is 0.963. The van der Waals surface area contributed by atoms with E-state index in [4.69, 9.17) is 16.0 Å². The van der Waals surface area contributed by atoms with Crippen molar-refractivity contribution in [2.24, 2.45) is 0 Å². The molecule has 0 aliphatic heterocycles. The van der Waals surface area contributed by atoms with E-state index in [2.05, 4.69) is 80.8 Å². The zero-order chi connectivity index (χ0) is 24.6. The van der Waals surface area contributed by atoms with Crippen molar-refractivity contribution in [2.75, 3.05) is 36.4 Å². The molecule has 0 aliphatic carbocycles. The summed E-state index contributed by atoms with van der Waals surface area (Å²) in [5, 5.41) is 5.36. The van der Waals surface area contributed by atoms with Crippen LogP contribution in [0.1, 0.15) is 5.76 Å². The molecule has 182 valence electrons. The smallest absolute Gasteiger partial charge is 0.117 e. The first-order chi connectivity index (χ1) is 17.8. The van der Waals surface area contributed by atoms with Crippen LogP contribution in [0.4, 0.5) is 17.1 Å². The molecular weight excluding hydrogens is 468 g/mol. The molecule has 0 unspecified atom stereocenters. The number of aromatic nitrogens is 1. The highest BCUT2D eigenvalue weighted by atomic mass is 35.5. The molecule has 5 nitrogen and oxygen atoms in total. The Hall–Kier alpha value is -3.80. The lowest BCUT2D eigenvalue weighted by atomic mass is 10.2. The SMILES string of the molecule is Clc1ccc2c(NCCN(CCN(c3ccccc3)c3ccccc3)Cc3ccco3)ccnc2c1. The Morgan fingerprint density at radius 2 is 1.53 bits per heavy atom. The molecule has 5 rings (SSSR count). The highest BCUT2D eigenvalue weighted by Gasteiger charge is 2.14. The number of benzene rings is 3. The third-order valence-electron chi connectivity index (χ3n) is 6.18. The molecule has 1 N–H and O–H groups in total. The van der Waals surface area contributed by atoms with Gasteiger partial charge in [-0.25, -0.2) is 0 Å². The van der Waals surface area contributed by atoms with Crippen molar-refractivity contribution in [1.82, 2.24) is 9.88 Å². The Morgan fingerprint density at radius 3 is 2.22 bits per heavy atom. The van der Waals surface area contributed by atoms with Crippen LogP contribution in [0.15, 0.2) is 114 Å². The van der Waals surface area contributed by atoms with Crippen LogP contribution in [0.25, 0.3) is 10.9 Å². The number of anilines is 3. The van der Waals surface area contributed by atoms with Gasteiger partial charge in [-0.3, -0.25) is 9.88 Å². The number of fused-ring (bicyclic) bond motifs is 1. The topological polar surface area (TPSA) is 44.5 Å². The van der Waals surface area contributed by atoms with Crippen molar-refractivity contribution in [1.29, 1.82) is 0 Å². The highest BCUT2D eigenvalue weighted by Crippen LogP contribution is 2.26. The molecular formula is C30H29ClN4O. The van der Waals surface area contributed by atoms with E-state index in [1.165, 1.54) is 11.4 Å². The average molecular weight is 497 g/mol. The zero-order valence-electron chi connectivity index (χ0n) is 20.1. The number of nitrogens with one attached hydrogen (secondary N) is 1. The van der Waals surface area contributed by atoms with Crippen LogP contribution in [-0.4, -0.2) is 36.1 Å². The van der Waals surface area contributed by atoms with Gasteiger partial charge in [-0.1, -0.05) is 48.0 Å². The highest BCUT2D eigenvalue weighted by molar-refractivity contribution is 6.31. The maximum atomic E-state index is 6.15. The summed E-state index contributed by atoms with van der Waals surface area (Å²) in [5.41, 5.74) is 4.31. The van der Waals surface area contributed by atoms with Crippen LogP contribution in [0.5, 0.6) is 0 Å². The van der Waals surface area contributed by atoms with Crippen molar-refractivity contribution in [3.63, 3.8) is 0 Å². The molecule has 2 heterocycles. The van der Waals surface area contributed by atoms with Crippen molar-refractivity contribution in [3.05, 3.63) is 120 Å². The molecule has 0 saturated carbocycles. The fourth-order valence-electron chi connectivity index (χ4n) is 4.38. The van der Waals surface area contributed by atoms with E-state index < -0.39 is 0 Å². The maximum Gasteiger partial charge on any atom is 0.117 e. The standard InChI is InChI=1S/C30H29ClN4O/c31-24-13-14-28-29(15-16-32-30(28)22-24)33-17-18-34(23-27-12-7-21-36-27)19-20-35(25-8-3-1-4-9-25)26-10-5-2-6-11-26/h1-16,21-22H,17-20,23H2,(H,32,33). The van der Waals surface area contributed by atoms with Gasteiger partial charge in [0.05, 0.1) is 18.3 Å². The van der Waals surface area contributed by atoms with E-state index in [-0.39, 0.29) is 0 Å². The van der Waals surface area contributed by atoms with E-state index in [9.17, 15) is 0 Å². The second-order valence-corrected chi connectivity index (χ2v) is 9.06. The lowest BCUT2D eigenvalue weighted by Gasteiger charge is -2.29. The first kappa shape index (κ1) is 23.9. The fourth-order valence-corrected chi connectivity index (χ4v) is 4.55. The molecule has 36 heavy (non-hydrogen) atoms. The Bertz CT molecular complexity index is 1320. The van der Waals surface area contributed by atoms with Crippen LogP contribution in [0.2, 0.25) is 5.02 Å². The van der Waals surface area contributed by atoms with Gasteiger partial charge in [0.1, 0.15) is 5.76 Å². The van der Waals surface area contributed by atoms with Gasteiger partial charge in [-0.05, 0) is 60.7 Å². The molecule has 0 fully saturated rings. The van der Waals surface area contributed by atoms with Crippen LogP contribution in [0, 0.1) is 0 Å². The number of pyridine rings is 1. The number of hydrogen-bond acceptors (Lipinski definition) is 5. The van der Waals surface area contributed by atoms with Gasteiger partial charge in [-0.2, -0.15) is 0 Å². The Kier molecular flexibility index (Phi) is 7.81. The summed E-state index contributed by atoms with van der Waals surface area (Å²) in [6.45, 7) is 4.12. The van der Waals surface area contributed by atoms with Crippen molar-refractivity contribution < 1.29 is 4.42 Å². The predicted octanol–water partition coefficient (Wildman–Crippen LogP) is 7.23. The average Bonchev–Trinajstić information content (AvgIpc) is 3.43. The van der Waals surface area contributed by atoms with Gasteiger partial charge < -0.3 is 14.6 Å². The third kappa shape index (κ3) is 6.06. The summed E-state index contributed by atoms with van der Waals surface area (Å²) in [6.07, 6.45) is 3.56. The molecule has 5 aromatic rings. The summed E-state index contributed by atoms with van der Waals surface area (Å²) in [6, 6.07) is 32.9. The van der Waals surface area contributed by atoms with Crippen molar-refractivity contribution in [3.8, 4) is 0 Å². The molecule has 2 aromatic heterocycles. The van der Waals surface area contributed by atoms with Gasteiger partial charge in [-0.15, -0.1) is 0 Å². The number of para-hydroxylation sites is 2. The normalized spacial score (nSPS) is 11.2. The van der Waals surface area contributed by atoms with Crippen LogP contribution >= 0.6 is 11.6 Å². The fraction of sp³-hybridized carbons (Fsp3) is 0.167. The minimum absolute atomic E-state index is 0.693. The van der Waals surface area contributed by atoms with Gasteiger partial charge in [0, 0.05) is 59.8 Å². The second kappa shape index (κ2) is 11.8. The van der Waals surface area contributed by atoms with Gasteiger partial charge in [0.25, 0.3) is 0 Å². The first-order valence-corrected chi connectivity index (χ1v) is 12.5. The number of rotatable bonds is 11. The number of furan rings is 1. The lowest BCUT2D eigenvalue weighted by Crippen LogP contribution is -2.35. The molecule has 0 bridgehead atoms. The minimum atomic E-state index is 0.693. The summed E-state index contributed by atoms with van der Waals surface area (Å²) < 4.78 is 5.68. The largest absolute Gasteiger partial charge is 0.468 e. The summed E-state index contributed by atoms with van der Waals surface area (Å²) in [4.78, 5) is 9.23. The van der Waals surface area contributed by atoms with Gasteiger partial charge in [0.2, 0.25) is 0 Å². The van der Waals surface area contributed by atoms with Crippen molar-refractivity contribution >= 4 is 39.6 Å². The predicted molar refractivity (Wildman–Crippen MR) is 149 cm³/mol. The minimum Gasteiger partial charge on any atom is -0.468 e. The van der Waals surface area contributed by atoms with E-state index in [0.29, 0.717) is 5.02 Å². The van der Waals surface area contributed by atoms with Crippen molar-refractivity contribution in [2.45, 2.75) is 6.54 Å². The van der Waals surface area contributed by atoms with E-state index >= 15 is 0 Å². The van der Waals surface area contributed by atoms with Crippen LogP contribution in [0.3, 0.4) is 0 Å². The number of nitrogens with zero attached hydrogens (tertiary/aromatic N) is 3. The summed E-state index contributed by atoms with van der Waals surface area (Å²) >= 11 is 6.15. The Morgan fingerprint density at radius 1 is 0.778 bits per heavy atom. The first-order valence-electron chi connectivity index (χ1n) is 12.2. The second-order valence-electron chi connectivity index (χ2n) is 8.63.